The molecule has 3 rings (SSSR count). The zero-order chi connectivity index (χ0) is 21.9. The number of sulfonamides is 1. The number of amides is 1. The number of nitrogens with zero attached hydrogens (tertiary/aromatic N) is 1. The van der Waals surface area contributed by atoms with Crippen LogP contribution in [-0.2, 0) is 14.8 Å². The van der Waals surface area contributed by atoms with Crippen molar-refractivity contribution in [1.82, 2.24) is 5.16 Å². The molecule has 0 radical (unpaired) electrons. The molecular formula is C21H23N3O4S2. The molecule has 0 fully saturated rings. The highest BCUT2D eigenvalue weighted by Crippen LogP contribution is 2.28. The molecule has 3 aromatic rings. The number of aromatic nitrogens is 1. The van der Waals surface area contributed by atoms with Gasteiger partial charge in [-0.1, -0.05) is 24.2 Å². The lowest BCUT2D eigenvalue weighted by molar-refractivity contribution is -0.115. The Balaban J connectivity index is 1.80. The molecule has 1 amide bonds. The monoisotopic (exact) mass is 445 g/mol. The third-order valence-electron chi connectivity index (χ3n) is 4.59. The van der Waals surface area contributed by atoms with Crippen LogP contribution in [0.2, 0.25) is 0 Å². The Morgan fingerprint density at radius 2 is 1.93 bits per heavy atom. The molecule has 0 aliphatic rings. The number of hydrogen-bond donors (Lipinski definition) is 2. The maximum atomic E-state index is 12.8. The Labute approximate surface area is 179 Å². The van der Waals surface area contributed by atoms with E-state index in [0.29, 0.717) is 29.2 Å². The van der Waals surface area contributed by atoms with Gasteiger partial charge >= 0.3 is 0 Å². The third kappa shape index (κ3) is 4.80. The molecule has 7 nitrogen and oxygen atoms in total. The lowest BCUT2D eigenvalue weighted by Gasteiger charge is -2.10. The van der Waals surface area contributed by atoms with Crippen LogP contribution in [0.5, 0.6) is 0 Å². The fourth-order valence-corrected chi connectivity index (χ4v) is 5.02. The molecule has 0 aliphatic heterocycles. The summed E-state index contributed by atoms with van der Waals surface area (Å²) in [5.41, 5.74) is 3.55. The van der Waals surface area contributed by atoms with Crippen molar-refractivity contribution in [3.8, 4) is 0 Å². The van der Waals surface area contributed by atoms with Crippen molar-refractivity contribution in [3.63, 3.8) is 0 Å². The number of nitrogens with one attached hydrogen (secondary N) is 2. The predicted molar refractivity (Wildman–Crippen MR) is 120 cm³/mol. The van der Waals surface area contributed by atoms with Crippen LogP contribution >= 0.6 is 11.3 Å². The summed E-state index contributed by atoms with van der Waals surface area (Å²) in [6, 6.07) is 8.77. The first-order valence-electron chi connectivity index (χ1n) is 9.34. The van der Waals surface area contributed by atoms with Crippen molar-refractivity contribution in [2.24, 2.45) is 0 Å². The lowest BCUT2D eigenvalue weighted by Crippen LogP contribution is -2.12. The zero-order valence-corrected chi connectivity index (χ0v) is 18.8. The highest BCUT2D eigenvalue weighted by atomic mass is 32.2. The molecule has 2 N–H and O–H groups in total. The first-order chi connectivity index (χ1) is 14.2. The van der Waals surface area contributed by atoms with Gasteiger partial charge in [-0.15, -0.1) is 11.3 Å². The minimum atomic E-state index is -3.70. The Kier molecular flexibility index (Phi) is 6.42. The van der Waals surface area contributed by atoms with Crippen LogP contribution in [0.15, 0.2) is 39.1 Å². The molecule has 0 spiro atoms. The molecular weight excluding hydrogens is 422 g/mol. The molecule has 0 atom stereocenters. The second kappa shape index (κ2) is 8.85. The van der Waals surface area contributed by atoms with Crippen molar-refractivity contribution >= 4 is 50.8 Å². The molecule has 30 heavy (non-hydrogen) atoms. The van der Waals surface area contributed by atoms with E-state index in [-0.39, 0.29) is 10.1 Å². The van der Waals surface area contributed by atoms with Gasteiger partial charge in [-0.05, 0) is 62.2 Å². The minimum absolute atomic E-state index is 0.141. The van der Waals surface area contributed by atoms with Gasteiger partial charge in [0, 0.05) is 11.3 Å². The van der Waals surface area contributed by atoms with Crippen LogP contribution in [0.3, 0.4) is 0 Å². The molecule has 2 heterocycles. The van der Waals surface area contributed by atoms with E-state index in [0.717, 1.165) is 27.3 Å². The molecule has 0 aliphatic carbocycles. The van der Waals surface area contributed by atoms with E-state index >= 15 is 0 Å². The van der Waals surface area contributed by atoms with Crippen molar-refractivity contribution in [1.29, 1.82) is 0 Å². The Morgan fingerprint density at radius 1 is 1.17 bits per heavy atom. The normalized spacial score (nSPS) is 11.7. The van der Waals surface area contributed by atoms with Gasteiger partial charge in [0.1, 0.15) is 15.6 Å². The van der Waals surface area contributed by atoms with Gasteiger partial charge in [0.15, 0.2) is 5.76 Å². The molecule has 0 unspecified atom stereocenters. The van der Waals surface area contributed by atoms with E-state index in [9.17, 15) is 13.2 Å². The van der Waals surface area contributed by atoms with Gasteiger partial charge in [-0.2, -0.15) is 0 Å². The highest BCUT2D eigenvalue weighted by Gasteiger charge is 2.18. The summed E-state index contributed by atoms with van der Waals surface area (Å²) in [5.74, 6) is 0.263. The van der Waals surface area contributed by atoms with Crippen molar-refractivity contribution < 1.29 is 17.7 Å². The number of anilines is 2. The lowest BCUT2D eigenvalue weighted by atomic mass is 10.1. The summed E-state index contributed by atoms with van der Waals surface area (Å²) in [5, 5.41) is 6.64. The maximum absolute atomic E-state index is 12.8. The second-order valence-corrected chi connectivity index (χ2v) is 9.78. The van der Waals surface area contributed by atoms with Crippen LogP contribution in [0.25, 0.3) is 12.2 Å². The van der Waals surface area contributed by atoms with Crippen LogP contribution in [0, 0.1) is 20.8 Å². The van der Waals surface area contributed by atoms with E-state index in [1.807, 2.05) is 26.0 Å². The van der Waals surface area contributed by atoms with Gasteiger partial charge in [0.2, 0.25) is 5.91 Å². The van der Waals surface area contributed by atoms with E-state index in [1.165, 1.54) is 0 Å². The first kappa shape index (κ1) is 21.8. The number of carbonyl (C=O) groups excluding carboxylic acids is 1. The van der Waals surface area contributed by atoms with E-state index in [4.69, 9.17) is 4.52 Å². The van der Waals surface area contributed by atoms with Gasteiger partial charge < -0.3 is 9.84 Å². The molecule has 0 saturated heterocycles. The summed E-state index contributed by atoms with van der Waals surface area (Å²) in [4.78, 5) is 12.4. The molecule has 0 bridgehead atoms. The molecule has 2 aromatic heterocycles. The molecule has 1 aromatic carbocycles. The Morgan fingerprint density at radius 3 is 2.67 bits per heavy atom. The van der Waals surface area contributed by atoms with Crippen LogP contribution < -0.4 is 10.0 Å². The highest BCUT2D eigenvalue weighted by molar-refractivity contribution is 7.94. The smallest absolute Gasteiger partial charge is 0.271 e. The summed E-state index contributed by atoms with van der Waals surface area (Å²) in [6.07, 6.45) is 3.72. The first-order valence-corrected chi connectivity index (χ1v) is 11.6. The van der Waals surface area contributed by atoms with E-state index in [1.54, 1.807) is 44.2 Å². The average Bonchev–Trinajstić information content (AvgIpc) is 3.32. The van der Waals surface area contributed by atoms with Crippen LogP contribution in [0.1, 0.15) is 40.8 Å². The summed E-state index contributed by atoms with van der Waals surface area (Å²) < 4.78 is 33.6. The van der Waals surface area contributed by atoms with Gasteiger partial charge in [-0.25, -0.2) is 8.42 Å². The molecule has 158 valence electrons. The third-order valence-corrected chi connectivity index (χ3v) is 7.50. The van der Waals surface area contributed by atoms with Gasteiger partial charge in [0.25, 0.3) is 10.0 Å². The average molecular weight is 446 g/mol. The van der Waals surface area contributed by atoms with Crippen LogP contribution in [-0.4, -0.2) is 19.5 Å². The number of hydrogen-bond acceptors (Lipinski definition) is 6. The van der Waals surface area contributed by atoms with Crippen LogP contribution in [0.4, 0.5) is 11.4 Å². The van der Waals surface area contributed by atoms with Crippen molar-refractivity contribution in [3.05, 3.63) is 57.8 Å². The quantitative estimate of drug-likeness (QED) is 0.534. The number of benzene rings is 1. The van der Waals surface area contributed by atoms with Crippen molar-refractivity contribution in [2.75, 3.05) is 10.0 Å². The number of aryl methyl sites for hydroxylation is 2. The number of rotatable bonds is 7. The van der Waals surface area contributed by atoms with Crippen molar-refractivity contribution in [2.45, 2.75) is 38.3 Å². The largest absolute Gasteiger partial charge is 0.354 e. The summed E-state index contributed by atoms with van der Waals surface area (Å²) >= 11 is 1.13. The zero-order valence-electron chi connectivity index (χ0n) is 17.1. The maximum Gasteiger partial charge on any atom is 0.271 e. The minimum Gasteiger partial charge on any atom is -0.354 e. The topological polar surface area (TPSA) is 101 Å². The fraction of sp³-hybridized carbons (Fsp3) is 0.238. The summed E-state index contributed by atoms with van der Waals surface area (Å²) in [6.45, 7) is 7.31. The van der Waals surface area contributed by atoms with E-state index < -0.39 is 10.0 Å². The number of thiophene rings is 1. The van der Waals surface area contributed by atoms with Gasteiger partial charge in [-0.3, -0.25) is 9.52 Å². The SMILES string of the molecule is CCC(=O)Nc1c(C)noc1/C=C/c1ccc(S(=O)(=O)Nc2cccc(C)c2C)s1. The van der Waals surface area contributed by atoms with E-state index in [2.05, 4.69) is 15.2 Å². The molecule has 9 heteroatoms. The molecule has 0 saturated carbocycles. The second-order valence-electron chi connectivity index (χ2n) is 6.75. The fourth-order valence-electron chi connectivity index (χ4n) is 2.66. The van der Waals surface area contributed by atoms with Gasteiger partial charge in [0.05, 0.1) is 5.69 Å². The predicted octanol–water partition coefficient (Wildman–Crippen LogP) is 4.98. The Hall–Kier alpha value is -2.91. The number of carbonyl (C=O) groups is 1. The Bertz CT molecular complexity index is 1210. The standard InChI is InChI=1S/C21H23N3O4S2/c1-5-19(25)22-21-15(4)23-28-18(21)11-9-16-10-12-20(29-16)30(26,27)24-17-8-6-7-13(2)14(17)3/h6-12,24H,5H2,1-4H3,(H,22,25)/b11-9+. The summed E-state index contributed by atoms with van der Waals surface area (Å²) in [7, 11) is -3.70.